The van der Waals surface area contributed by atoms with Crippen molar-refractivity contribution in [2.45, 2.75) is 0 Å². The molecule has 0 atom stereocenters. The quantitative estimate of drug-likeness (QED) is 0.693. The van der Waals surface area contributed by atoms with Crippen molar-refractivity contribution in [3.05, 3.63) is 83.1 Å². The Balaban J connectivity index is 1.91. The molecule has 26 heavy (non-hydrogen) atoms. The predicted octanol–water partition coefficient (Wildman–Crippen LogP) is 4.48. The van der Waals surface area contributed by atoms with Gasteiger partial charge in [0.05, 0.1) is 11.3 Å². The van der Waals surface area contributed by atoms with Gasteiger partial charge in [-0.05, 0) is 42.5 Å². The molecule has 0 aliphatic carbocycles. The Morgan fingerprint density at radius 3 is 2.54 bits per heavy atom. The Labute approximate surface area is 154 Å². The number of pyridine rings is 1. The molecule has 3 rings (SSSR count). The van der Waals surface area contributed by atoms with E-state index in [4.69, 9.17) is 16.3 Å². The number of aromatic carboxylic acids is 1. The third kappa shape index (κ3) is 3.99. The number of ether oxygens (including phenoxy) is 1. The molecule has 2 N–H and O–H groups in total. The van der Waals surface area contributed by atoms with Gasteiger partial charge >= 0.3 is 5.97 Å². The summed E-state index contributed by atoms with van der Waals surface area (Å²) < 4.78 is 5.77. The number of amides is 1. The lowest BCUT2D eigenvalue weighted by molar-refractivity contribution is 0.0691. The highest BCUT2D eigenvalue weighted by Gasteiger charge is 2.19. The van der Waals surface area contributed by atoms with E-state index in [2.05, 4.69) is 10.3 Å². The molecule has 7 heteroatoms. The van der Waals surface area contributed by atoms with E-state index >= 15 is 0 Å². The molecule has 1 amide bonds. The summed E-state index contributed by atoms with van der Waals surface area (Å²) in [5, 5.41) is 12.2. The number of carbonyl (C=O) groups is 2. The monoisotopic (exact) mass is 368 g/mol. The topological polar surface area (TPSA) is 88.5 Å². The molecule has 0 unspecified atom stereocenters. The van der Waals surface area contributed by atoms with Gasteiger partial charge in [0, 0.05) is 11.2 Å². The van der Waals surface area contributed by atoms with E-state index in [1.54, 1.807) is 24.3 Å². The number of hydrogen-bond donors (Lipinski definition) is 2. The number of benzene rings is 2. The fourth-order valence-electron chi connectivity index (χ4n) is 2.24. The molecule has 1 aromatic heterocycles. The molecule has 0 saturated heterocycles. The van der Waals surface area contributed by atoms with Crippen molar-refractivity contribution in [1.29, 1.82) is 0 Å². The summed E-state index contributed by atoms with van der Waals surface area (Å²) in [5.41, 5.74) is -0.100. The summed E-state index contributed by atoms with van der Waals surface area (Å²) in [7, 11) is 0. The van der Waals surface area contributed by atoms with Crippen LogP contribution in [0.1, 0.15) is 20.8 Å². The van der Waals surface area contributed by atoms with Gasteiger partial charge in [0.25, 0.3) is 5.91 Å². The van der Waals surface area contributed by atoms with Crippen LogP contribution in [-0.2, 0) is 0 Å². The molecular weight excluding hydrogens is 356 g/mol. The molecule has 0 bridgehead atoms. The summed E-state index contributed by atoms with van der Waals surface area (Å²) in [4.78, 5) is 27.7. The first kappa shape index (κ1) is 17.4. The third-order valence-electron chi connectivity index (χ3n) is 3.41. The zero-order valence-corrected chi connectivity index (χ0v) is 14.1. The van der Waals surface area contributed by atoms with Gasteiger partial charge in [-0.3, -0.25) is 9.78 Å². The number of hydrogen-bond acceptors (Lipinski definition) is 4. The van der Waals surface area contributed by atoms with E-state index in [9.17, 15) is 14.7 Å². The van der Waals surface area contributed by atoms with Crippen molar-refractivity contribution in [3.8, 4) is 11.5 Å². The predicted molar refractivity (Wildman–Crippen MR) is 97.1 cm³/mol. The van der Waals surface area contributed by atoms with Gasteiger partial charge in [0.15, 0.2) is 5.75 Å². The second-order valence-corrected chi connectivity index (χ2v) is 5.65. The lowest BCUT2D eigenvalue weighted by Gasteiger charge is -2.13. The number of para-hydroxylation sites is 1. The smallest absolute Gasteiger partial charge is 0.338 e. The molecule has 0 saturated carbocycles. The average molecular weight is 369 g/mol. The van der Waals surface area contributed by atoms with E-state index < -0.39 is 11.9 Å². The van der Waals surface area contributed by atoms with E-state index in [-0.39, 0.29) is 11.3 Å². The van der Waals surface area contributed by atoms with Crippen LogP contribution in [0.2, 0.25) is 5.02 Å². The van der Waals surface area contributed by atoms with Crippen molar-refractivity contribution >= 4 is 29.2 Å². The zero-order valence-electron chi connectivity index (χ0n) is 13.3. The van der Waals surface area contributed by atoms with Gasteiger partial charge in [-0.25, -0.2) is 4.79 Å². The number of nitrogens with zero attached hydrogens (tertiary/aromatic N) is 1. The fourth-order valence-corrected chi connectivity index (χ4v) is 2.42. The van der Waals surface area contributed by atoms with Gasteiger partial charge in [-0.15, -0.1) is 0 Å². The normalized spacial score (nSPS) is 10.2. The highest BCUT2D eigenvalue weighted by Crippen LogP contribution is 2.32. The van der Waals surface area contributed by atoms with Gasteiger partial charge < -0.3 is 15.2 Å². The maximum absolute atomic E-state index is 12.5. The standard InChI is InChI=1S/C19H13ClN2O4/c20-12-8-9-16(26-13-5-2-1-3-6-13)15(11-12)22-18(23)17-14(19(24)25)7-4-10-21-17/h1-11H,(H,22,23)(H,24,25). The Hall–Kier alpha value is -3.38. The lowest BCUT2D eigenvalue weighted by atomic mass is 10.2. The molecular formula is C19H13ClN2O4. The van der Waals surface area contributed by atoms with Crippen molar-refractivity contribution in [1.82, 2.24) is 4.98 Å². The Kier molecular flexibility index (Phi) is 5.15. The van der Waals surface area contributed by atoms with Crippen LogP contribution < -0.4 is 10.1 Å². The van der Waals surface area contributed by atoms with Crippen LogP contribution in [0.15, 0.2) is 66.9 Å². The third-order valence-corrected chi connectivity index (χ3v) is 3.65. The number of aromatic nitrogens is 1. The molecule has 0 radical (unpaired) electrons. The van der Waals surface area contributed by atoms with Crippen molar-refractivity contribution < 1.29 is 19.4 Å². The summed E-state index contributed by atoms with van der Waals surface area (Å²) in [6.45, 7) is 0. The van der Waals surface area contributed by atoms with Crippen molar-refractivity contribution in [2.24, 2.45) is 0 Å². The molecule has 1 heterocycles. The van der Waals surface area contributed by atoms with Crippen molar-refractivity contribution in [2.75, 3.05) is 5.32 Å². The highest BCUT2D eigenvalue weighted by atomic mass is 35.5. The first-order valence-electron chi connectivity index (χ1n) is 7.56. The molecule has 130 valence electrons. The second-order valence-electron chi connectivity index (χ2n) is 5.21. The van der Waals surface area contributed by atoms with E-state index in [1.165, 1.54) is 24.4 Å². The van der Waals surface area contributed by atoms with Crippen LogP contribution in [0.5, 0.6) is 11.5 Å². The maximum atomic E-state index is 12.5. The highest BCUT2D eigenvalue weighted by molar-refractivity contribution is 6.31. The van der Waals surface area contributed by atoms with Crippen LogP contribution in [0, 0.1) is 0 Å². The van der Waals surface area contributed by atoms with Gasteiger partial charge in [0.1, 0.15) is 11.4 Å². The maximum Gasteiger partial charge on any atom is 0.338 e. The molecule has 0 spiro atoms. The molecule has 0 aliphatic heterocycles. The molecule has 6 nitrogen and oxygen atoms in total. The molecule has 0 fully saturated rings. The molecule has 0 aliphatic rings. The molecule has 2 aromatic carbocycles. The number of anilines is 1. The first-order valence-corrected chi connectivity index (χ1v) is 7.94. The minimum atomic E-state index is -1.24. The summed E-state index contributed by atoms with van der Waals surface area (Å²) in [6, 6.07) is 16.5. The first-order chi connectivity index (χ1) is 12.5. The second kappa shape index (κ2) is 7.67. The minimum Gasteiger partial charge on any atom is -0.478 e. The number of halogens is 1. The average Bonchev–Trinajstić information content (AvgIpc) is 2.64. The van der Waals surface area contributed by atoms with Crippen LogP contribution in [0.4, 0.5) is 5.69 Å². The van der Waals surface area contributed by atoms with Crippen LogP contribution in [0.25, 0.3) is 0 Å². The number of rotatable bonds is 5. The van der Waals surface area contributed by atoms with Crippen LogP contribution in [-0.4, -0.2) is 22.0 Å². The fraction of sp³-hybridized carbons (Fsp3) is 0. The Morgan fingerprint density at radius 1 is 1.04 bits per heavy atom. The van der Waals surface area contributed by atoms with Crippen LogP contribution >= 0.6 is 11.6 Å². The Bertz CT molecular complexity index is 961. The van der Waals surface area contributed by atoms with Crippen LogP contribution in [0.3, 0.4) is 0 Å². The number of carboxylic acid groups (broad SMARTS) is 1. The Morgan fingerprint density at radius 2 is 1.81 bits per heavy atom. The van der Waals surface area contributed by atoms with Gasteiger partial charge in [-0.2, -0.15) is 0 Å². The van der Waals surface area contributed by atoms with E-state index in [1.807, 2.05) is 18.2 Å². The SMILES string of the molecule is O=C(O)c1cccnc1C(=O)Nc1cc(Cl)ccc1Oc1ccccc1. The largest absolute Gasteiger partial charge is 0.478 e. The number of carboxylic acids is 1. The van der Waals surface area contributed by atoms with Gasteiger partial charge in [-0.1, -0.05) is 29.8 Å². The summed E-state index contributed by atoms with van der Waals surface area (Å²) in [5.74, 6) is -0.977. The number of carbonyl (C=O) groups excluding carboxylic acids is 1. The van der Waals surface area contributed by atoms with E-state index in [0.717, 1.165) is 0 Å². The minimum absolute atomic E-state index is 0.197. The lowest BCUT2D eigenvalue weighted by Crippen LogP contribution is -2.18. The van der Waals surface area contributed by atoms with E-state index in [0.29, 0.717) is 22.2 Å². The van der Waals surface area contributed by atoms with Gasteiger partial charge in [0.2, 0.25) is 0 Å². The number of nitrogens with one attached hydrogen (secondary N) is 1. The van der Waals surface area contributed by atoms with Crippen molar-refractivity contribution in [3.63, 3.8) is 0 Å². The molecule has 3 aromatic rings. The summed E-state index contributed by atoms with van der Waals surface area (Å²) in [6.07, 6.45) is 1.35. The summed E-state index contributed by atoms with van der Waals surface area (Å²) >= 11 is 6.01. The zero-order chi connectivity index (χ0) is 18.5.